The Bertz CT molecular complexity index is 407. The van der Waals surface area contributed by atoms with Gasteiger partial charge in [-0.25, -0.2) is 0 Å². The minimum Gasteiger partial charge on any atom is -0.493 e. The number of carbonyl (C=O) groups is 1. The molecule has 0 saturated heterocycles. The summed E-state index contributed by atoms with van der Waals surface area (Å²) in [6, 6.07) is 3.67. The molecule has 0 fully saturated rings. The van der Waals surface area contributed by atoms with Gasteiger partial charge in [0, 0.05) is 13.5 Å². The molecule has 0 radical (unpaired) electrons. The Hall–Kier alpha value is -1.42. The topological polar surface area (TPSA) is 47.6 Å². The van der Waals surface area contributed by atoms with Crippen LogP contribution in [0, 0.1) is 0 Å². The third-order valence-electron chi connectivity index (χ3n) is 2.33. The number of ether oxygens (including phenoxy) is 2. The molecule has 1 rings (SSSR count). The van der Waals surface area contributed by atoms with Gasteiger partial charge in [-0.05, 0) is 18.1 Å². The van der Waals surface area contributed by atoms with E-state index in [9.17, 15) is 4.79 Å². The van der Waals surface area contributed by atoms with Gasteiger partial charge in [-0.1, -0.05) is 17.7 Å². The maximum Gasteiger partial charge on any atom is 0.216 e. The summed E-state index contributed by atoms with van der Waals surface area (Å²) in [6.45, 7) is 2.03. The van der Waals surface area contributed by atoms with Crippen LogP contribution in [-0.4, -0.2) is 26.7 Å². The highest BCUT2D eigenvalue weighted by Crippen LogP contribution is 2.37. The highest BCUT2D eigenvalue weighted by Gasteiger charge is 2.12. The fraction of sp³-hybridized carbons (Fsp3) is 0.417. The van der Waals surface area contributed by atoms with Gasteiger partial charge < -0.3 is 14.8 Å². The molecule has 1 amide bonds. The van der Waals surface area contributed by atoms with E-state index in [2.05, 4.69) is 5.32 Å². The molecule has 94 valence electrons. The van der Waals surface area contributed by atoms with Crippen LogP contribution >= 0.6 is 11.6 Å². The van der Waals surface area contributed by atoms with E-state index in [0.29, 0.717) is 29.5 Å². The molecule has 1 N–H and O–H groups in total. The first kappa shape index (κ1) is 13.6. The molecule has 0 spiro atoms. The van der Waals surface area contributed by atoms with Crippen molar-refractivity contribution in [3.63, 3.8) is 0 Å². The predicted octanol–water partition coefficient (Wildman–Crippen LogP) is 2.04. The molecular weight excluding hydrogens is 242 g/mol. The average Bonchev–Trinajstić information content (AvgIpc) is 2.30. The van der Waals surface area contributed by atoms with Crippen LogP contribution in [0.25, 0.3) is 0 Å². The quantitative estimate of drug-likeness (QED) is 0.878. The standard InChI is InChI=1S/C12H16ClNO3/c1-8(15)14-7-6-9-4-5-10(16-2)12(17-3)11(9)13/h4-5H,6-7H2,1-3H3,(H,14,15). The molecule has 1 aromatic rings. The molecular formula is C12H16ClNO3. The minimum atomic E-state index is -0.0541. The fourth-order valence-electron chi connectivity index (χ4n) is 1.50. The molecule has 0 aliphatic heterocycles. The van der Waals surface area contributed by atoms with Crippen molar-refractivity contribution in [2.75, 3.05) is 20.8 Å². The number of benzene rings is 1. The van der Waals surface area contributed by atoms with Gasteiger partial charge in [-0.15, -0.1) is 0 Å². The van der Waals surface area contributed by atoms with E-state index in [-0.39, 0.29) is 5.91 Å². The van der Waals surface area contributed by atoms with Crippen LogP contribution in [0.2, 0.25) is 5.02 Å². The lowest BCUT2D eigenvalue weighted by molar-refractivity contribution is -0.118. The summed E-state index contributed by atoms with van der Waals surface area (Å²) in [6.07, 6.45) is 0.652. The van der Waals surface area contributed by atoms with Crippen LogP contribution in [0.1, 0.15) is 12.5 Å². The first-order chi connectivity index (χ1) is 8.10. The van der Waals surface area contributed by atoms with Gasteiger partial charge in [-0.2, -0.15) is 0 Å². The lowest BCUT2D eigenvalue weighted by Crippen LogP contribution is -2.22. The minimum absolute atomic E-state index is 0.0541. The van der Waals surface area contributed by atoms with E-state index >= 15 is 0 Å². The Kier molecular flexibility index (Phi) is 5.10. The first-order valence-corrected chi connectivity index (χ1v) is 5.61. The zero-order valence-corrected chi connectivity index (χ0v) is 10.9. The van der Waals surface area contributed by atoms with E-state index in [4.69, 9.17) is 21.1 Å². The van der Waals surface area contributed by atoms with Gasteiger partial charge in [0.25, 0.3) is 0 Å². The summed E-state index contributed by atoms with van der Waals surface area (Å²) in [5.74, 6) is 1.07. The summed E-state index contributed by atoms with van der Waals surface area (Å²) in [5.41, 5.74) is 0.915. The molecule has 5 heteroatoms. The maximum absolute atomic E-state index is 10.8. The SMILES string of the molecule is COc1ccc(CCNC(C)=O)c(Cl)c1OC. The van der Waals surface area contributed by atoms with Crippen LogP contribution in [-0.2, 0) is 11.2 Å². The number of carbonyl (C=O) groups excluding carboxylic acids is 1. The number of rotatable bonds is 5. The van der Waals surface area contributed by atoms with Gasteiger partial charge in [-0.3, -0.25) is 4.79 Å². The van der Waals surface area contributed by atoms with Crippen LogP contribution < -0.4 is 14.8 Å². The molecule has 0 saturated carbocycles. The smallest absolute Gasteiger partial charge is 0.216 e. The average molecular weight is 258 g/mol. The fourth-order valence-corrected chi connectivity index (χ4v) is 1.82. The Balaban J connectivity index is 2.83. The van der Waals surface area contributed by atoms with Crippen molar-refractivity contribution >= 4 is 17.5 Å². The summed E-state index contributed by atoms with van der Waals surface area (Å²) < 4.78 is 10.3. The number of hydrogen-bond donors (Lipinski definition) is 1. The van der Waals surface area contributed by atoms with Crippen LogP contribution in [0.5, 0.6) is 11.5 Å². The zero-order valence-electron chi connectivity index (χ0n) is 10.2. The molecule has 4 nitrogen and oxygen atoms in total. The number of nitrogens with one attached hydrogen (secondary N) is 1. The van der Waals surface area contributed by atoms with Crippen molar-refractivity contribution in [3.05, 3.63) is 22.7 Å². The Morgan fingerprint density at radius 3 is 2.59 bits per heavy atom. The first-order valence-electron chi connectivity index (χ1n) is 5.24. The van der Waals surface area contributed by atoms with E-state index < -0.39 is 0 Å². The Morgan fingerprint density at radius 2 is 2.06 bits per heavy atom. The maximum atomic E-state index is 10.8. The van der Waals surface area contributed by atoms with Gasteiger partial charge in [0.05, 0.1) is 19.2 Å². The van der Waals surface area contributed by atoms with Crippen molar-refractivity contribution in [2.24, 2.45) is 0 Å². The van der Waals surface area contributed by atoms with Crippen molar-refractivity contribution < 1.29 is 14.3 Å². The molecule has 0 heterocycles. The van der Waals surface area contributed by atoms with Crippen LogP contribution in [0.15, 0.2) is 12.1 Å². The normalized spacial score (nSPS) is 9.88. The summed E-state index contributed by atoms with van der Waals surface area (Å²) >= 11 is 6.19. The predicted molar refractivity (Wildman–Crippen MR) is 66.9 cm³/mol. The van der Waals surface area contributed by atoms with E-state index in [0.717, 1.165) is 5.56 Å². The van der Waals surface area contributed by atoms with Crippen molar-refractivity contribution in [2.45, 2.75) is 13.3 Å². The Morgan fingerprint density at radius 1 is 1.35 bits per heavy atom. The third-order valence-corrected chi connectivity index (χ3v) is 2.75. The largest absolute Gasteiger partial charge is 0.493 e. The van der Waals surface area contributed by atoms with E-state index in [1.165, 1.54) is 6.92 Å². The molecule has 17 heavy (non-hydrogen) atoms. The summed E-state index contributed by atoms with van der Waals surface area (Å²) in [7, 11) is 3.10. The third kappa shape index (κ3) is 3.53. The summed E-state index contributed by atoms with van der Waals surface area (Å²) in [5, 5.41) is 3.24. The molecule has 0 aromatic heterocycles. The molecule has 0 atom stereocenters. The molecule has 0 aliphatic carbocycles. The van der Waals surface area contributed by atoms with E-state index in [1.54, 1.807) is 20.3 Å². The number of hydrogen-bond acceptors (Lipinski definition) is 3. The van der Waals surface area contributed by atoms with Gasteiger partial charge in [0.1, 0.15) is 0 Å². The second kappa shape index (κ2) is 6.35. The van der Waals surface area contributed by atoms with Crippen molar-refractivity contribution in [1.29, 1.82) is 0 Å². The molecule has 0 aliphatic rings. The molecule has 0 bridgehead atoms. The number of methoxy groups -OCH3 is 2. The van der Waals surface area contributed by atoms with Gasteiger partial charge in [0.2, 0.25) is 5.91 Å². The second-order valence-electron chi connectivity index (χ2n) is 3.51. The van der Waals surface area contributed by atoms with Crippen molar-refractivity contribution in [1.82, 2.24) is 5.32 Å². The lowest BCUT2D eigenvalue weighted by Gasteiger charge is -2.12. The zero-order chi connectivity index (χ0) is 12.8. The van der Waals surface area contributed by atoms with Gasteiger partial charge >= 0.3 is 0 Å². The number of halogens is 1. The molecule has 1 aromatic carbocycles. The van der Waals surface area contributed by atoms with Gasteiger partial charge in [0.15, 0.2) is 11.5 Å². The monoisotopic (exact) mass is 257 g/mol. The Labute approximate surface area is 106 Å². The van der Waals surface area contributed by atoms with Crippen LogP contribution in [0.3, 0.4) is 0 Å². The second-order valence-corrected chi connectivity index (χ2v) is 3.89. The highest BCUT2D eigenvalue weighted by atomic mass is 35.5. The highest BCUT2D eigenvalue weighted by molar-refractivity contribution is 6.33. The van der Waals surface area contributed by atoms with Crippen molar-refractivity contribution in [3.8, 4) is 11.5 Å². The van der Waals surface area contributed by atoms with E-state index in [1.807, 2.05) is 6.07 Å². The van der Waals surface area contributed by atoms with Crippen LogP contribution in [0.4, 0.5) is 0 Å². The molecule has 0 unspecified atom stereocenters. The summed E-state index contributed by atoms with van der Waals surface area (Å²) in [4.78, 5) is 10.8. The number of amides is 1. The lowest BCUT2D eigenvalue weighted by atomic mass is 10.1.